The molecule has 8 heteroatoms. The molecule has 138 valence electrons. The molecule has 0 unspecified atom stereocenters. The molecule has 5 nitrogen and oxygen atoms in total. The molecular weight excluding hydrogens is 395 g/mol. The van der Waals surface area contributed by atoms with Crippen LogP contribution in [0.2, 0.25) is 10.0 Å². The van der Waals surface area contributed by atoms with E-state index in [1.807, 2.05) is 30.5 Å². The fourth-order valence-corrected chi connectivity index (χ4v) is 3.10. The monoisotopic (exact) mass is 412 g/mol. The second kappa shape index (κ2) is 9.71. The minimum Gasteiger partial charge on any atom is -0.482 e. The summed E-state index contributed by atoms with van der Waals surface area (Å²) in [6, 6.07) is 12.2. The summed E-state index contributed by atoms with van der Waals surface area (Å²) >= 11 is 13.3. The van der Waals surface area contributed by atoms with Gasteiger partial charge in [-0.15, -0.1) is 11.8 Å². The molecule has 0 spiro atoms. The molecule has 2 amide bonds. The van der Waals surface area contributed by atoms with Gasteiger partial charge in [-0.1, -0.05) is 35.3 Å². The minimum atomic E-state index is -0.343. The number of rotatable bonds is 7. The molecule has 2 aromatic carbocycles. The van der Waals surface area contributed by atoms with Crippen molar-refractivity contribution in [3.05, 3.63) is 52.5 Å². The number of halogens is 2. The molecule has 0 aliphatic rings. The molecule has 0 aromatic heterocycles. The summed E-state index contributed by atoms with van der Waals surface area (Å²) in [4.78, 5) is 26.6. The summed E-state index contributed by atoms with van der Waals surface area (Å²) in [5.74, 6) is -0.271. The highest BCUT2D eigenvalue weighted by molar-refractivity contribution is 7.98. The second-order valence-electron chi connectivity index (χ2n) is 5.36. The predicted molar refractivity (Wildman–Crippen MR) is 106 cm³/mol. The number of nitrogens with zero attached hydrogens (tertiary/aromatic N) is 1. The second-order valence-corrected chi connectivity index (χ2v) is 7.05. The quantitative estimate of drug-likeness (QED) is 0.692. The van der Waals surface area contributed by atoms with Crippen molar-refractivity contribution in [2.45, 2.75) is 4.90 Å². The smallest absolute Gasteiger partial charge is 0.260 e. The first kappa shape index (κ1) is 20.4. The highest BCUT2D eigenvalue weighted by Gasteiger charge is 2.15. The Hall–Kier alpha value is -1.89. The van der Waals surface area contributed by atoms with Crippen molar-refractivity contribution in [3.8, 4) is 5.75 Å². The van der Waals surface area contributed by atoms with Crippen LogP contribution in [0.3, 0.4) is 0 Å². The van der Waals surface area contributed by atoms with Crippen LogP contribution < -0.4 is 10.1 Å². The highest BCUT2D eigenvalue weighted by Crippen LogP contribution is 2.27. The molecule has 0 aliphatic heterocycles. The lowest BCUT2D eigenvalue weighted by Crippen LogP contribution is -2.37. The van der Waals surface area contributed by atoms with Crippen LogP contribution in [0.25, 0.3) is 0 Å². The molecule has 26 heavy (non-hydrogen) atoms. The first-order valence-electron chi connectivity index (χ1n) is 7.65. The van der Waals surface area contributed by atoms with Gasteiger partial charge in [0, 0.05) is 17.0 Å². The number of anilines is 1. The topological polar surface area (TPSA) is 58.6 Å². The van der Waals surface area contributed by atoms with Gasteiger partial charge in [0.05, 0.1) is 17.3 Å². The Balaban J connectivity index is 1.87. The van der Waals surface area contributed by atoms with E-state index in [2.05, 4.69) is 5.32 Å². The van der Waals surface area contributed by atoms with Crippen LogP contribution in [0.1, 0.15) is 0 Å². The summed E-state index contributed by atoms with van der Waals surface area (Å²) in [5.41, 5.74) is 0.718. The molecule has 1 N–H and O–H groups in total. The molecule has 0 fully saturated rings. The molecule has 0 heterocycles. The van der Waals surface area contributed by atoms with Gasteiger partial charge in [-0.05, 0) is 36.6 Å². The van der Waals surface area contributed by atoms with Crippen molar-refractivity contribution >= 4 is 52.5 Å². The third-order valence-corrected chi connectivity index (χ3v) is 4.76. The van der Waals surface area contributed by atoms with Crippen molar-refractivity contribution < 1.29 is 14.3 Å². The zero-order valence-electron chi connectivity index (χ0n) is 14.3. The van der Waals surface area contributed by atoms with Gasteiger partial charge < -0.3 is 15.0 Å². The van der Waals surface area contributed by atoms with E-state index in [1.165, 1.54) is 29.8 Å². The molecule has 0 atom stereocenters. The standard InChI is InChI=1S/C18H18Cl2N2O3S/c1-22(10-17(23)21-14-5-3-4-6-16(14)26-2)18(24)11-25-15-8-7-12(19)9-13(15)20/h3-9H,10-11H2,1-2H3,(H,21,23). The lowest BCUT2D eigenvalue weighted by molar-refractivity contribution is -0.135. The Kier molecular flexibility index (Phi) is 7.63. The van der Waals surface area contributed by atoms with E-state index in [4.69, 9.17) is 27.9 Å². The number of para-hydroxylation sites is 1. The van der Waals surface area contributed by atoms with Crippen LogP contribution in [-0.4, -0.2) is 43.2 Å². The van der Waals surface area contributed by atoms with E-state index >= 15 is 0 Å². The lowest BCUT2D eigenvalue weighted by atomic mass is 10.3. The molecular formula is C18H18Cl2N2O3S. The Morgan fingerprint density at radius 1 is 1.19 bits per heavy atom. The lowest BCUT2D eigenvalue weighted by Gasteiger charge is -2.18. The van der Waals surface area contributed by atoms with Gasteiger partial charge in [0.2, 0.25) is 5.91 Å². The number of nitrogens with one attached hydrogen (secondary N) is 1. The molecule has 2 aromatic rings. The number of ether oxygens (including phenoxy) is 1. The van der Waals surface area contributed by atoms with Crippen LogP contribution in [0.5, 0.6) is 5.75 Å². The number of hydrogen-bond donors (Lipinski definition) is 1. The van der Waals surface area contributed by atoms with E-state index in [1.54, 1.807) is 12.1 Å². The molecule has 0 radical (unpaired) electrons. The fraction of sp³-hybridized carbons (Fsp3) is 0.222. The largest absolute Gasteiger partial charge is 0.482 e. The molecule has 0 saturated heterocycles. The summed E-state index contributed by atoms with van der Waals surface area (Å²) < 4.78 is 5.39. The number of likely N-dealkylation sites (N-methyl/N-ethyl adjacent to an activating group) is 1. The number of thioether (sulfide) groups is 1. The summed E-state index contributed by atoms with van der Waals surface area (Å²) in [6.07, 6.45) is 1.93. The Labute approximate surface area is 166 Å². The van der Waals surface area contributed by atoms with Gasteiger partial charge in [-0.3, -0.25) is 9.59 Å². The number of benzene rings is 2. The van der Waals surface area contributed by atoms with Gasteiger partial charge in [0.15, 0.2) is 6.61 Å². The van der Waals surface area contributed by atoms with E-state index < -0.39 is 0 Å². The highest BCUT2D eigenvalue weighted by atomic mass is 35.5. The van der Waals surface area contributed by atoms with Gasteiger partial charge in [-0.2, -0.15) is 0 Å². The first-order valence-corrected chi connectivity index (χ1v) is 9.63. The van der Waals surface area contributed by atoms with Crippen molar-refractivity contribution in [1.29, 1.82) is 0 Å². The average molecular weight is 413 g/mol. The maximum absolute atomic E-state index is 12.2. The zero-order chi connectivity index (χ0) is 19.1. The number of carbonyl (C=O) groups is 2. The predicted octanol–water partition coefficient (Wildman–Crippen LogP) is 4.19. The third kappa shape index (κ3) is 5.83. The van der Waals surface area contributed by atoms with Gasteiger partial charge in [0.25, 0.3) is 5.91 Å². The van der Waals surface area contributed by atoms with Gasteiger partial charge in [0.1, 0.15) is 5.75 Å². The van der Waals surface area contributed by atoms with Gasteiger partial charge in [-0.25, -0.2) is 0 Å². The van der Waals surface area contributed by atoms with Crippen molar-refractivity contribution in [2.24, 2.45) is 0 Å². The Morgan fingerprint density at radius 2 is 1.92 bits per heavy atom. The summed E-state index contributed by atoms with van der Waals surface area (Å²) in [7, 11) is 1.54. The average Bonchev–Trinajstić information content (AvgIpc) is 2.61. The minimum absolute atomic E-state index is 0.0841. The van der Waals surface area contributed by atoms with E-state index in [0.717, 1.165) is 10.6 Å². The molecule has 2 rings (SSSR count). The van der Waals surface area contributed by atoms with E-state index in [9.17, 15) is 9.59 Å². The van der Waals surface area contributed by atoms with Crippen LogP contribution in [-0.2, 0) is 9.59 Å². The van der Waals surface area contributed by atoms with E-state index in [0.29, 0.717) is 15.8 Å². The van der Waals surface area contributed by atoms with E-state index in [-0.39, 0.29) is 25.0 Å². The van der Waals surface area contributed by atoms with Crippen molar-refractivity contribution in [3.63, 3.8) is 0 Å². The van der Waals surface area contributed by atoms with Crippen LogP contribution in [0.4, 0.5) is 5.69 Å². The number of amides is 2. The third-order valence-electron chi connectivity index (χ3n) is 3.43. The Bertz CT molecular complexity index is 802. The molecule has 0 aliphatic carbocycles. The Morgan fingerprint density at radius 3 is 2.62 bits per heavy atom. The SMILES string of the molecule is CSc1ccccc1NC(=O)CN(C)C(=O)COc1ccc(Cl)cc1Cl. The summed E-state index contributed by atoms with van der Waals surface area (Å²) in [6.45, 7) is -0.314. The zero-order valence-corrected chi connectivity index (χ0v) is 16.6. The maximum atomic E-state index is 12.2. The van der Waals surface area contributed by atoms with Gasteiger partial charge >= 0.3 is 0 Å². The normalized spacial score (nSPS) is 10.3. The van der Waals surface area contributed by atoms with Crippen LogP contribution in [0.15, 0.2) is 47.4 Å². The summed E-state index contributed by atoms with van der Waals surface area (Å²) in [5, 5.41) is 3.60. The fourth-order valence-electron chi connectivity index (χ4n) is 2.08. The van der Waals surface area contributed by atoms with Crippen molar-refractivity contribution in [1.82, 2.24) is 4.90 Å². The number of carbonyl (C=O) groups excluding carboxylic acids is 2. The molecule has 0 saturated carbocycles. The molecule has 0 bridgehead atoms. The van der Waals surface area contributed by atoms with Crippen LogP contribution >= 0.6 is 35.0 Å². The van der Waals surface area contributed by atoms with Crippen molar-refractivity contribution in [2.75, 3.05) is 31.8 Å². The van der Waals surface area contributed by atoms with Crippen LogP contribution in [0, 0.1) is 0 Å². The first-order chi connectivity index (χ1) is 12.4. The number of hydrogen-bond acceptors (Lipinski definition) is 4. The maximum Gasteiger partial charge on any atom is 0.260 e.